The highest BCUT2D eigenvalue weighted by Gasteiger charge is 2.35. The van der Waals surface area contributed by atoms with Crippen LogP contribution in [0.1, 0.15) is 56.3 Å². The number of aromatic nitrogens is 2. The van der Waals surface area contributed by atoms with Crippen molar-refractivity contribution in [3.05, 3.63) is 54.1 Å². The van der Waals surface area contributed by atoms with Crippen LogP contribution >= 0.6 is 0 Å². The van der Waals surface area contributed by atoms with Gasteiger partial charge >= 0.3 is 5.97 Å². The molecule has 1 aromatic carbocycles. The van der Waals surface area contributed by atoms with Crippen molar-refractivity contribution in [2.24, 2.45) is 11.8 Å². The van der Waals surface area contributed by atoms with E-state index in [9.17, 15) is 9.90 Å². The number of carbonyl (C=O) groups excluding carboxylic acids is 1. The van der Waals surface area contributed by atoms with Crippen LogP contribution in [0.25, 0.3) is 11.1 Å². The normalized spacial score (nSPS) is 25.5. The van der Waals surface area contributed by atoms with Gasteiger partial charge in [0, 0.05) is 0 Å². The van der Waals surface area contributed by atoms with E-state index in [0.29, 0.717) is 6.42 Å². The van der Waals surface area contributed by atoms with E-state index >= 15 is 0 Å². The number of hydrogen-bond donors (Lipinski definition) is 1. The number of imidazole rings is 1. The third kappa shape index (κ3) is 3.39. The summed E-state index contributed by atoms with van der Waals surface area (Å²) in [6, 6.07) is 10.5. The molecule has 2 aromatic rings. The molecule has 148 valence electrons. The minimum atomic E-state index is -0.400. The summed E-state index contributed by atoms with van der Waals surface area (Å²) in [7, 11) is 1.45. The minimum Gasteiger partial charge on any atom is -0.469 e. The number of benzene rings is 1. The first-order valence-electron chi connectivity index (χ1n) is 10.1. The van der Waals surface area contributed by atoms with Crippen LogP contribution in [0.5, 0.6) is 0 Å². The van der Waals surface area contributed by atoms with Crippen LogP contribution in [0.2, 0.25) is 0 Å². The molecule has 5 nitrogen and oxygen atoms in total. The highest BCUT2D eigenvalue weighted by Crippen LogP contribution is 2.45. The Morgan fingerprint density at radius 1 is 1.25 bits per heavy atom. The number of hydrogen-bond acceptors (Lipinski definition) is 4. The zero-order valence-corrected chi connectivity index (χ0v) is 16.5. The van der Waals surface area contributed by atoms with Crippen molar-refractivity contribution in [3.8, 4) is 0 Å². The number of nitrogens with zero attached hydrogens (tertiary/aromatic N) is 2. The maximum Gasteiger partial charge on any atom is 0.308 e. The van der Waals surface area contributed by atoms with Crippen molar-refractivity contribution >= 4 is 17.1 Å². The fourth-order valence-corrected chi connectivity index (χ4v) is 4.96. The van der Waals surface area contributed by atoms with Gasteiger partial charge in [0.2, 0.25) is 0 Å². The lowest BCUT2D eigenvalue weighted by molar-refractivity contribution is -0.147. The Morgan fingerprint density at radius 3 is 2.64 bits per heavy atom. The summed E-state index contributed by atoms with van der Waals surface area (Å²) in [5.41, 5.74) is 4.84. The van der Waals surface area contributed by atoms with Gasteiger partial charge in [-0.25, -0.2) is 4.98 Å². The summed E-state index contributed by atoms with van der Waals surface area (Å²) in [5, 5.41) is 11.1. The summed E-state index contributed by atoms with van der Waals surface area (Å²) in [6.07, 6.45) is 7.39. The van der Waals surface area contributed by atoms with Gasteiger partial charge in [0.05, 0.1) is 43.4 Å². The Morgan fingerprint density at radius 2 is 1.96 bits per heavy atom. The monoisotopic (exact) mass is 380 g/mol. The standard InChI is InChI=1S/C23H28N2O3/c1-15-20-13-24-14-25(20)19(22(15)17-6-4-3-5-7-17)12-21(26)16-8-10-18(11-9-16)23(27)28-2/h3-7,13-14,16,18-19,21,26H,8-12H2,1-2H3/t16?,18?,19?,21-/m0/s1. The zero-order valence-electron chi connectivity index (χ0n) is 16.5. The number of aliphatic hydroxyl groups is 1. The van der Waals surface area contributed by atoms with Crippen LogP contribution in [0.15, 0.2) is 42.9 Å². The molecule has 1 aliphatic carbocycles. The van der Waals surface area contributed by atoms with Gasteiger partial charge in [0.1, 0.15) is 0 Å². The van der Waals surface area contributed by atoms with Crippen LogP contribution in [-0.4, -0.2) is 33.8 Å². The molecule has 0 radical (unpaired) electrons. The highest BCUT2D eigenvalue weighted by molar-refractivity contribution is 5.93. The second kappa shape index (κ2) is 7.92. The van der Waals surface area contributed by atoms with Crippen LogP contribution < -0.4 is 0 Å². The van der Waals surface area contributed by atoms with E-state index < -0.39 is 6.10 Å². The number of allylic oxidation sites excluding steroid dienone is 2. The van der Waals surface area contributed by atoms with E-state index in [2.05, 4.69) is 40.7 Å². The number of carbonyl (C=O) groups is 1. The molecule has 1 fully saturated rings. The van der Waals surface area contributed by atoms with E-state index in [1.807, 2.05) is 18.6 Å². The first-order chi connectivity index (χ1) is 13.6. The van der Waals surface area contributed by atoms with E-state index in [-0.39, 0.29) is 23.8 Å². The predicted molar refractivity (Wildman–Crippen MR) is 108 cm³/mol. The fraction of sp³-hybridized carbons (Fsp3) is 0.478. The molecule has 0 saturated heterocycles. The Balaban J connectivity index is 1.51. The molecule has 1 N–H and O–H groups in total. The summed E-state index contributed by atoms with van der Waals surface area (Å²) in [4.78, 5) is 16.1. The van der Waals surface area contributed by atoms with E-state index in [1.165, 1.54) is 23.8 Å². The van der Waals surface area contributed by atoms with Crippen molar-refractivity contribution in [2.45, 2.75) is 51.2 Å². The molecule has 1 unspecified atom stereocenters. The van der Waals surface area contributed by atoms with Crippen molar-refractivity contribution in [2.75, 3.05) is 7.11 Å². The third-order valence-electron chi connectivity index (χ3n) is 6.52. The van der Waals surface area contributed by atoms with Gasteiger partial charge in [0.25, 0.3) is 0 Å². The highest BCUT2D eigenvalue weighted by atomic mass is 16.5. The molecule has 0 spiro atoms. The van der Waals surface area contributed by atoms with Crippen LogP contribution in [0.3, 0.4) is 0 Å². The predicted octanol–water partition coefficient (Wildman–Crippen LogP) is 4.10. The minimum absolute atomic E-state index is 0.0119. The fourth-order valence-electron chi connectivity index (χ4n) is 4.96. The average molecular weight is 380 g/mol. The lowest BCUT2D eigenvalue weighted by atomic mass is 9.77. The Hall–Kier alpha value is -2.40. The van der Waals surface area contributed by atoms with Crippen LogP contribution in [0.4, 0.5) is 0 Å². The smallest absolute Gasteiger partial charge is 0.308 e. The molecule has 1 saturated carbocycles. The SMILES string of the molecule is COC(=O)C1CCC([C@@H](O)CC2C(c3ccccc3)=C(C)c3cncn32)CC1. The molecule has 2 heterocycles. The van der Waals surface area contributed by atoms with Gasteiger partial charge in [-0.3, -0.25) is 4.79 Å². The van der Waals surface area contributed by atoms with Crippen molar-refractivity contribution in [1.82, 2.24) is 9.55 Å². The number of methoxy groups -OCH3 is 1. The molecule has 5 heteroatoms. The van der Waals surface area contributed by atoms with Crippen molar-refractivity contribution in [1.29, 1.82) is 0 Å². The number of fused-ring (bicyclic) bond motifs is 1. The van der Waals surface area contributed by atoms with Crippen LogP contribution in [-0.2, 0) is 9.53 Å². The molecular weight excluding hydrogens is 352 g/mol. The van der Waals surface area contributed by atoms with E-state index in [1.54, 1.807) is 0 Å². The maximum atomic E-state index is 11.8. The van der Waals surface area contributed by atoms with Gasteiger partial charge in [-0.1, -0.05) is 30.3 Å². The van der Waals surface area contributed by atoms with Gasteiger partial charge in [0.15, 0.2) is 0 Å². The Bertz CT molecular complexity index is 863. The van der Waals surface area contributed by atoms with Gasteiger partial charge in [-0.2, -0.15) is 0 Å². The number of rotatable bonds is 5. The van der Waals surface area contributed by atoms with E-state index in [0.717, 1.165) is 31.4 Å². The molecule has 2 atom stereocenters. The Labute approximate surface area is 166 Å². The molecule has 1 aliphatic heterocycles. The van der Waals surface area contributed by atoms with Gasteiger partial charge in [-0.15, -0.1) is 0 Å². The molecular formula is C23H28N2O3. The second-order valence-electron chi connectivity index (χ2n) is 8.04. The van der Waals surface area contributed by atoms with E-state index in [4.69, 9.17) is 4.74 Å². The molecule has 0 amide bonds. The molecule has 28 heavy (non-hydrogen) atoms. The van der Waals surface area contributed by atoms with Gasteiger partial charge in [-0.05, 0) is 61.7 Å². The summed E-state index contributed by atoms with van der Waals surface area (Å²) in [6.45, 7) is 2.14. The van der Waals surface area contributed by atoms with Crippen molar-refractivity contribution < 1.29 is 14.6 Å². The number of aliphatic hydroxyl groups excluding tert-OH is 1. The Kier molecular flexibility index (Phi) is 5.36. The lowest BCUT2D eigenvalue weighted by Gasteiger charge is -2.32. The number of esters is 1. The first-order valence-corrected chi connectivity index (χ1v) is 10.1. The second-order valence-corrected chi connectivity index (χ2v) is 8.04. The first kappa shape index (κ1) is 18.9. The zero-order chi connectivity index (χ0) is 19.7. The molecule has 1 aromatic heterocycles. The third-order valence-corrected chi connectivity index (χ3v) is 6.52. The lowest BCUT2D eigenvalue weighted by Crippen LogP contribution is -2.30. The topological polar surface area (TPSA) is 64.3 Å². The molecule has 2 aliphatic rings. The largest absolute Gasteiger partial charge is 0.469 e. The summed E-state index contributed by atoms with van der Waals surface area (Å²) >= 11 is 0. The molecule has 4 rings (SSSR count). The summed E-state index contributed by atoms with van der Waals surface area (Å²) < 4.78 is 7.08. The quantitative estimate of drug-likeness (QED) is 0.793. The van der Waals surface area contributed by atoms with Crippen LogP contribution in [0, 0.1) is 11.8 Å². The van der Waals surface area contributed by atoms with Crippen molar-refractivity contribution in [3.63, 3.8) is 0 Å². The maximum absolute atomic E-state index is 11.8. The summed E-state index contributed by atoms with van der Waals surface area (Å²) in [5.74, 6) is 0.102. The molecule has 0 bridgehead atoms. The number of ether oxygens (including phenoxy) is 1. The average Bonchev–Trinajstić information content (AvgIpc) is 3.31. The van der Waals surface area contributed by atoms with Gasteiger partial charge < -0.3 is 14.4 Å².